The van der Waals surface area contributed by atoms with Gasteiger partial charge in [0.1, 0.15) is 10.7 Å². The predicted molar refractivity (Wildman–Crippen MR) is 81.7 cm³/mol. The highest BCUT2D eigenvalue weighted by Gasteiger charge is 2.12. The summed E-state index contributed by atoms with van der Waals surface area (Å²) < 4.78 is 10.4. The molecule has 1 unspecified atom stereocenters. The monoisotopic (exact) mass is 282 g/mol. The van der Waals surface area contributed by atoms with Crippen molar-refractivity contribution in [3.05, 3.63) is 29.3 Å². The Kier molecular flexibility index (Phi) is 6.21. The van der Waals surface area contributed by atoms with Crippen LogP contribution in [0, 0.1) is 0 Å². The molecule has 1 atom stereocenters. The van der Waals surface area contributed by atoms with Crippen molar-refractivity contribution in [3.8, 4) is 5.75 Å². The molecule has 4 nitrogen and oxygen atoms in total. The quantitative estimate of drug-likeness (QED) is 0.773. The molecular weight excluding hydrogens is 260 g/mol. The molecule has 0 heterocycles. The molecule has 0 radical (unpaired) electrons. The number of ether oxygens (including phenoxy) is 2. The predicted octanol–water partition coefficient (Wildman–Crippen LogP) is 1.80. The largest absolute Gasteiger partial charge is 0.496 e. The fraction of sp³-hybridized carbons (Fsp3) is 0.500. The van der Waals surface area contributed by atoms with Crippen LogP contribution in [0.15, 0.2) is 18.2 Å². The van der Waals surface area contributed by atoms with Crippen molar-refractivity contribution in [1.82, 2.24) is 4.90 Å². The van der Waals surface area contributed by atoms with E-state index in [9.17, 15) is 0 Å². The lowest BCUT2D eigenvalue weighted by Crippen LogP contribution is -2.32. The van der Waals surface area contributed by atoms with Crippen molar-refractivity contribution in [2.45, 2.75) is 19.5 Å². The summed E-state index contributed by atoms with van der Waals surface area (Å²) in [5.41, 5.74) is 7.64. The van der Waals surface area contributed by atoms with Crippen molar-refractivity contribution < 1.29 is 9.47 Å². The van der Waals surface area contributed by atoms with E-state index in [1.54, 1.807) is 14.2 Å². The molecule has 106 valence electrons. The molecule has 1 rings (SSSR count). The number of likely N-dealkylation sites (N-methyl/N-ethyl adjacent to an activating group) is 1. The molecule has 0 bridgehead atoms. The molecule has 0 aliphatic carbocycles. The van der Waals surface area contributed by atoms with E-state index in [0.29, 0.717) is 23.4 Å². The number of hydrogen-bond donors (Lipinski definition) is 1. The molecule has 0 aliphatic rings. The SMILES string of the molecule is COCC(C)N(C)Cc1ccc(OC)c(C(N)=S)c1. The summed E-state index contributed by atoms with van der Waals surface area (Å²) in [5.74, 6) is 0.712. The van der Waals surface area contributed by atoms with E-state index >= 15 is 0 Å². The lowest BCUT2D eigenvalue weighted by Gasteiger charge is -2.24. The Morgan fingerprint density at radius 1 is 1.42 bits per heavy atom. The highest BCUT2D eigenvalue weighted by atomic mass is 32.1. The Balaban J connectivity index is 2.85. The maximum Gasteiger partial charge on any atom is 0.129 e. The van der Waals surface area contributed by atoms with Crippen LogP contribution >= 0.6 is 12.2 Å². The summed E-state index contributed by atoms with van der Waals surface area (Å²) >= 11 is 5.05. The van der Waals surface area contributed by atoms with Crippen LogP contribution in [0.1, 0.15) is 18.1 Å². The van der Waals surface area contributed by atoms with Gasteiger partial charge in [0.05, 0.1) is 19.3 Å². The number of nitrogens with zero attached hydrogens (tertiary/aromatic N) is 1. The number of rotatable bonds is 7. The second-order valence-corrected chi connectivity index (χ2v) is 5.06. The second kappa shape index (κ2) is 7.43. The molecule has 0 aliphatic heterocycles. The molecule has 5 heteroatoms. The summed E-state index contributed by atoms with van der Waals surface area (Å²) in [4.78, 5) is 2.57. The molecule has 1 aromatic rings. The topological polar surface area (TPSA) is 47.7 Å². The van der Waals surface area contributed by atoms with E-state index in [4.69, 9.17) is 27.4 Å². The first-order valence-electron chi connectivity index (χ1n) is 6.15. The van der Waals surface area contributed by atoms with Crippen LogP contribution in [0.25, 0.3) is 0 Å². The van der Waals surface area contributed by atoms with Crippen LogP contribution in [0.2, 0.25) is 0 Å². The maximum absolute atomic E-state index is 5.72. The first-order valence-corrected chi connectivity index (χ1v) is 6.56. The van der Waals surface area contributed by atoms with Crippen LogP contribution in [0.5, 0.6) is 5.75 Å². The second-order valence-electron chi connectivity index (χ2n) is 4.62. The highest BCUT2D eigenvalue weighted by Crippen LogP contribution is 2.20. The maximum atomic E-state index is 5.72. The van der Waals surface area contributed by atoms with Crippen molar-refractivity contribution in [1.29, 1.82) is 0 Å². The van der Waals surface area contributed by atoms with Gasteiger partial charge in [-0.2, -0.15) is 0 Å². The molecule has 0 fully saturated rings. The van der Waals surface area contributed by atoms with E-state index in [2.05, 4.69) is 18.9 Å². The molecule has 0 amide bonds. The van der Waals surface area contributed by atoms with Gasteiger partial charge in [-0.15, -0.1) is 0 Å². The summed E-state index contributed by atoms with van der Waals surface area (Å²) in [5, 5.41) is 0. The number of thiocarbonyl (C=S) groups is 1. The molecule has 0 spiro atoms. The van der Waals surface area contributed by atoms with Crippen molar-refractivity contribution in [2.75, 3.05) is 27.9 Å². The van der Waals surface area contributed by atoms with Gasteiger partial charge in [0.15, 0.2) is 0 Å². The lowest BCUT2D eigenvalue weighted by molar-refractivity contribution is 0.112. The van der Waals surface area contributed by atoms with Gasteiger partial charge in [-0.25, -0.2) is 0 Å². The molecular formula is C14H22N2O2S. The number of methoxy groups -OCH3 is 2. The fourth-order valence-corrected chi connectivity index (χ4v) is 2.02. The van der Waals surface area contributed by atoms with Gasteiger partial charge in [0.25, 0.3) is 0 Å². The molecule has 2 N–H and O–H groups in total. The highest BCUT2D eigenvalue weighted by molar-refractivity contribution is 7.80. The first-order chi connectivity index (χ1) is 8.99. The first kappa shape index (κ1) is 15.9. The molecule has 0 saturated carbocycles. The minimum Gasteiger partial charge on any atom is -0.496 e. The Hall–Kier alpha value is -1.17. The van der Waals surface area contributed by atoms with Gasteiger partial charge < -0.3 is 15.2 Å². The van der Waals surface area contributed by atoms with Crippen LogP contribution in [0.3, 0.4) is 0 Å². The van der Waals surface area contributed by atoms with E-state index in [1.165, 1.54) is 0 Å². The molecule has 19 heavy (non-hydrogen) atoms. The van der Waals surface area contributed by atoms with E-state index in [0.717, 1.165) is 17.7 Å². The van der Waals surface area contributed by atoms with Crippen LogP contribution in [-0.4, -0.2) is 43.8 Å². The van der Waals surface area contributed by atoms with E-state index in [-0.39, 0.29) is 0 Å². The summed E-state index contributed by atoms with van der Waals surface area (Å²) in [6.45, 7) is 3.64. The minimum absolute atomic E-state index is 0.348. The Bertz CT molecular complexity index is 437. The van der Waals surface area contributed by atoms with Crippen LogP contribution in [-0.2, 0) is 11.3 Å². The van der Waals surface area contributed by atoms with Gasteiger partial charge in [0.2, 0.25) is 0 Å². The molecule has 1 aromatic carbocycles. The average molecular weight is 282 g/mol. The van der Waals surface area contributed by atoms with Gasteiger partial charge >= 0.3 is 0 Å². The number of benzene rings is 1. The normalized spacial score (nSPS) is 12.5. The number of hydrogen-bond acceptors (Lipinski definition) is 4. The zero-order valence-corrected chi connectivity index (χ0v) is 12.8. The third-order valence-corrected chi connectivity index (χ3v) is 3.34. The summed E-state index contributed by atoms with van der Waals surface area (Å²) in [6, 6.07) is 6.26. The Morgan fingerprint density at radius 3 is 2.63 bits per heavy atom. The summed E-state index contributed by atoms with van der Waals surface area (Å²) in [7, 11) is 5.39. The summed E-state index contributed by atoms with van der Waals surface area (Å²) in [6.07, 6.45) is 0. The van der Waals surface area contributed by atoms with Gasteiger partial charge in [-0.3, -0.25) is 4.90 Å². The Labute approximate surface area is 120 Å². The number of nitrogens with two attached hydrogens (primary N) is 1. The van der Waals surface area contributed by atoms with Crippen molar-refractivity contribution in [2.24, 2.45) is 5.73 Å². The minimum atomic E-state index is 0.348. The third kappa shape index (κ3) is 4.45. The van der Waals surface area contributed by atoms with Crippen molar-refractivity contribution in [3.63, 3.8) is 0 Å². The van der Waals surface area contributed by atoms with Gasteiger partial charge in [-0.1, -0.05) is 18.3 Å². The zero-order chi connectivity index (χ0) is 14.4. The van der Waals surface area contributed by atoms with Gasteiger partial charge in [0, 0.05) is 19.7 Å². The van der Waals surface area contributed by atoms with Crippen LogP contribution < -0.4 is 10.5 Å². The van der Waals surface area contributed by atoms with E-state index < -0.39 is 0 Å². The Morgan fingerprint density at radius 2 is 2.11 bits per heavy atom. The van der Waals surface area contributed by atoms with Crippen molar-refractivity contribution >= 4 is 17.2 Å². The van der Waals surface area contributed by atoms with Gasteiger partial charge in [-0.05, 0) is 31.7 Å². The smallest absolute Gasteiger partial charge is 0.129 e. The lowest BCUT2D eigenvalue weighted by atomic mass is 10.1. The van der Waals surface area contributed by atoms with Crippen LogP contribution in [0.4, 0.5) is 0 Å². The standard InChI is InChI=1S/C14H22N2O2S/c1-10(9-17-3)16(2)8-11-5-6-13(18-4)12(7-11)14(15)19/h5-7,10H,8-9H2,1-4H3,(H2,15,19). The zero-order valence-electron chi connectivity index (χ0n) is 12.0. The molecule has 0 saturated heterocycles. The van der Waals surface area contributed by atoms with E-state index in [1.807, 2.05) is 18.2 Å². The molecule has 0 aromatic heterocycles. The fourth-order valence-electron chi connectivity index (χ4n) is 1.86. The average Bonchev–Trinajstić information content (AvgIpc) is 2.38. The third-order valence-electron chi connectivity index (χ3n) is 3.12.